The van der Waals surface area contributed by atoms with Crippen LogP contribution in [0.5, 0.6) is 5.75 Å². The first-order valence-electron chi connectivity index (χ1n) is 6.80. The summed E-state index contributed by atoms with van der Waals surface area (Å²) in [4.78, 5) is 25.3. The molecule has 0 saturated heterocycles. The van der Waals surface area contributed by atoms with E-state index in [0.717, 1.165) is 11.3 Å². The molecule has 0 bridgehead atoms. The molecule has 0 atom stereocenters. The molecule has 2 amide bonds. The highest BCUT2D eigenvalue weighted by Crippen LogP contribution is 2.32. The standard InChI is InChI=1S/C15H20N2O3/c1-10(2)16-14(18)6-7-17-12-5-4-11(3)8-13(12)20-9-15(17)19/h4-5,8,10H,6-7,9H2,1-3H3,(H,16,18). The van der Waals surface area contributed by atoms with E-state index in [1.54, 1.807) is 4.90 Å². The third-order valence-corrected chi connectivity index (χ3v) is 3.07. The Balaban J connectivity index is 2.08. The van der Waals surface area contributed by atoms with Gasteiger partial charge in [0, 0.05) is 19.0 Å². The highest BCUT2D eigenvalue weighted by molar-refractivity contribution is 5.98. The second kappa shape index (κ2) is 5.94. The number of benzene rings is 1. The van der Waals surface area contributed by atoms with Crippen LogP contribution in [0.1, 0.15) is 25.8 Å². The van der Waals surface area contributed by atoms with Crippen LogP contribution in [0.3, 0.4) is 0 Å². The summed E-state index contributed by atoms with van der Waals surface area (Å²) in [5.41, 5.74) is 1.82. The van der Waals surface area contributed by atoms with Gasteiger partial charge in [-0.25, -0.2) is 0 Å². The Morgan fingerprint density at radius 3 is 2.90 bits per heavy atom. The molecule has 1 aromatic carbocycles. The molecule has 5 nitrogen and oxygen atoms in total. The van der Waals surface area contributed by atoms with E-state index in [0.29, 0.717) is 12.3 Å². The van der Waals surface area contributed by atoms with Gasteiger partial charge in [0.05, 0.1) is 5.69 Å². The van der Waals surface area contributed by atoms with E-state index in [4.69, 9.17) is 4.74 Å². The fourth-order valence-electron chi connectivity index (χ4n) is 2.16. The molecule has 0 radical (unpaired) electrons. The summed E-state index contributed by atoms with van der Waals surface area (Å²) >= 11 is 0. The number of hydrogen-bond donors (Lipinski definition) is 1. The molecule has 5 heteroatoms. The predicted octanol–water partition coefficient (Wildman–Crippen LogP) is 1.64. The van der Waals surface area contributed by atoms with Crippen molar-refractivity contribution in [2.24, 2.45) is 0 Å². The molecule has 1 N–H and O–H groups in total. The van der Waals surface area contributed by atoms with Crippen molar-refractivity contribution >= 4 is 17.5 Å². The van der Waals surface area contributed by atoms with Gasteiger partial charge in [0.2, 0.25) is 5.91 Å². The van der Waals surface area contributed by atoms with Gasteiger partial charge in [0.15, 0.2) is 6.61 Å². The normalized spacial score (nSPS) is 14.0. The van der Waals surface area contributed by atoms with Crippen molar-refractivity contribution in [1.29, 1.82) is 0 Å². The second-order valence-corrected chi connectivity index (χ2v) is 5.28. The summed E-state index contributed by atoms with van der Waals surface area (Å²) in [6.07, 6.45) is 0.289. The molecule has 0 aromatic heterocycles. The molecule has 1 aromatic rings. The van der Waals surface area contributed by atoms with Gasteiger partial charge in [0.25, 0.3) is 5.91 Å². The van der Waals surface area contributed by atoms with Crippen molar-refractivity contribution in [2.75, 3.05) is 18.1 Å². The van der Waals surface area contributed by atoms with E-state index >= 15 is 0 Å². The monoisotopic (exact) mass is 276 g/mol. The highest BCUT2D eigenvalue weighted by atomic mass is 16.5. The van der Waals surface area contributed by atoms with Crippen molar-refractivity contribution in [3.8, 4) is 5.75 Å². The Morgan fingerprint density at radius 2 is 2.20 bits per heavy atom. The molecule has 20 heavy (non-hydrogen) atoms. The second-order valence-electron chi connectivity index (χ2n) is 5.28. The molecule has 108 valence electrons. The molecule has 1 heterocycles. The van der Waals surface area contributed by atoms with Crippen LogP contribution in [-0.2, 0) is 9.59 Å². The number of ether oxygens (including phenoxy) is 1. The Morgan fingerprint density at radius 1 is 1.45 bits per heavy atom. The lowest BCUT2D eigenvalue weighted by molar-refractivity contribution is -0.122. The van der Waals surface area contributed by atoms with Crippen LogP contribution in [-0.4, -0.2) is 31.0 Å². The minimum Gasteiger partial charge on any atom is -0.482 e. The van der Waals surface area contributed by atoms with Gasteiger partial charge in [-0.1, -0.05) is 6.07 Å². The fourth-order valence-corrected chi connectivity index (χ4v) is 2.16. The van der Waals surface area contributed by atoms with Crippen LogP contribution in [0, 0.1) is 6.92 Å². The van der Waals surface area contributed by atoms with Crippen LogP contribution in [0.2, 0.25) is 0 Å². The van der Waals surface area contributed by atoms with Crippen LogP contribution < -0.4 is 15.0 Å². The Bertz CT molecular complexity index is 526. The van der Waals surface area contributed by atoms with Crippen molar-refractivity contribution < 1.29 is 14.3 Å². The third-order valence-electron chi connectivity index (χ3n) is 3.07. The van der Waals surface area contributed by atoms with Gasteiger partial charge >= 0.3 is 0 Å². The highest BCUT2D eigenvalue weighted by Gasteiger charge is 2.25. The first-order valence-corrected chi connectivity index (χ1v) is 6.80. The Hall–Kier alpha value is -2.04. The lowest BCUT2D eigenvalue weighted by Crippen LogP contribution is -2.41. The van der Waals surface area contributed by atoms with Gasteiger partial charge in [-0.3, -0.25) is 9.59 Å². The van der Waals surface area contributed by atoms with Crippen LogP contribution >= 0.6 is 0 Å². The number of fused-ring (bicyclic) bond motifs is 1. The van der Waals surface area contributed by atoms with E-state index < -0.39 is 0 Å². The number of aryl methyl sites for hydroxylation is 1. The van der Waals surface area contributed by atoms with E-state index in [-0.39, 0.29) is 30.9 Å². The van der Waals surface area contributed by atoms with E-state index in [2.05, 4.69) is 5.32 Å². The lowest BCUT2D eigenvalue weighted by atomic mass is 10.1. The summed E-state index contributed by atoms with van der Waals surface area (Å²) in [5, 5.41) is 2.82. The minimum absolute atomic E-state index is 0.0300. The van der Waals surface area contributed by atoms with Gasteiger partial charge in [-0.15, -0.1) is 0 Å². The van der Waals surface area contributed by atoms with Gasteiger partial charge in [-0.05, 0) is 38.5 Å². The predicted molar refractivity (Wildman–Crippen MR) is 76.9 cm³/mol. The summed E-state index contributed by atoms with van der Waals surface area (Å²) in [5.74, 6) is 0.542. The van der Waals surface area contributed by atoms with Crippen LogP contribution in [0.25, 0.3) is 0 Å². The number of nitrogens with zero attached hydrogens (tertiary/aromatic N) is 1. The number of carbonyl (C=O) groups is 2. The van der Waals surface area contributed by atoms with Gasteiger partial charge in [-0.2, -0.15) is 0 Å². The maximum absolute atomic E-state index is 11.9. The average molecular weight is 276 g/mol. The molecular formula is C15H20N2O3. The zero-order valence-electron chi connectivity index (χ0n) is 12.1. The largest absolute Gasteiger partial charge is 0.482 e. The third kappa shape index (κ3) is 3.29. The molecule has 0 aliphatic carbocycles. The smallest absolute Gasteiger partial charge is 0.265 e. The Kier molecular flexibility index (Phi) is 4.27. The number of anilines is 1. The molecule has 0 fully saturated rings. The van der Waals surface area contributed by atoms with Gasteiger partial charge in [0.1, 0.15) is 5.75 Å². The molecule has 0 saturated carbocycles. The number of amides is 2. The maximum atomic E-state index is 11.9. The number of rotatable bonds is 4. The maximum Gasteiger partial charge on any atom is 0.265 e. The molecule has 2 rings (SSSR count). The lowest BCUT2D eigenvalue weighted by Gasteiger charge is -2.29. The Labute approximate surface area is 118 Å². The minimum atomic E-state index is -0.112. The SMILES string of the molecule is Cc1ccc2c(c1)OCC(=O)N2CCC(=O)NC(C)C. The first-order chi connectivity index (χ1) is 9.47. The summed E-state index contributed by atoms with van der Waals surface area (Å²) in [6, 6.07) is 5.81. The number of carbonyl (C=O) groups excluding carboxylic acids is 2. The van der Waals surface area contributed by atoms with Crippen molar-refractivity contribution in [2.45, 2.75) is 33.2 Å². The fraction of sp³-hybridized carbons (Fsp3) is 0.467. The molecular weight excluding hydrogens is 256 g/mol. The zero-order valence-corrected chi connectivity index (χ0v) is 12.1. The van der Waals surface area contributed by atoms with Crippen LogP contribution in [0.4, 0.5) is 5.69 Å². The molecule has 0 unspecified atom stereocenters. The van der Waals surface area contributed by atoms with Crippen molar-refractivity contribution in [3.63, 3.8) is 0 Å². The van der Waals surface area contributed by atoms with Crippen LogP contribution in [0.15, 0.2) is 18.2 Å². The van der Waals surface area contributed by atoms with E-state index in [1.807, 2.05) is 39.0 Å². The van der Waals surface area contributed by atoms with Gasteiger partial charge < -0.3 is 15.0 Å². The van der Waals surface area contributed by atoms with Crippen molar-refractivity contribution in [1.82, 2.24) is 5.32 Å². The quantitative estimate of drug-likeness (QED) is 0.909. The van der Waals surface area contributed by atoms with E-state index in [9.17, 15) is 9.59 Å². The van der Waals surface area contributed by atoms with Crippen molar-refractivity contribution in [3.05, 3.63) is 23.8 Å². The first kappa shape index (κ1) is 14.4. The number of hydrogen-bond acceptors (Lipinski definition) is 3. The summed E-state index contributed by atoms with van der Waals surface area (Å²) in [7, 11) is 0. The average Bonchev–Trinajstić information content (AvgIpc) is 2.37. The summed E-state index contributed by atoms with van der Waals surface area (Å²) in [6.45, 7) is 6.20. The molecule has 1 aliphatic heterocycles. The van der Waals surface area contributed by atoms with E-state index in [1.165, 1.54) is 0 Å². The summed E-state index contributed by atoms with van der Waals surface area (Å²) < 4.78 is 5.43. The zero-order chi connectivity index (χ0) is 14.7. The molecule has 0 spiro atoms. The number of nitrogens with one attached hydrogen (secondary N) is 1. The topological polar surface area (TPSA) is 58.6 Å². The molecule has 1 aliphatic rings.